The van der Waals surface area contributed by atoms with Crippen molar-refractivity contribution in [3.8, 4) is 0 Å². The number of nitrogens with zero attached hydrogens (tertiary/aromatic N) is 3. The number of aliphatic hydroxyl groups excluding tert-OH is 1. The maximum absolute atomic E-state index is 9.76. The van der Waals surface area contributed by atoms with E-state index in [2.05, 4.69) is 53.4 Å². The van der Waals surface area contributed by atoms with Crippen LogP contribution >= 0.6 is 0 Å². The number of furan rings is 1. The van der Waals surface area contributed by atoms with Gasteiger partial charge in [-0.05, 0) is 50.1 Å². The summed E-state index contributed by atoms with van der Waals surface area (Å²) in [6.07, 6.45) is 3.15. The van der Waals surface area contributed by atoms with Gasteiger partial charge in [0.25, 0.3) is 0 Å². The van der Waals surface area contributed by atoms with Crippen LogP contribution < -0.4 is 5.32 Å². The number of piperidine rings is 1. The molecular formula is C22H32N4O2. The molecule has 1 aromatic carbocycles. The first-order chi connectivity index (χ1) is 13.7. The first kappa shape index (κ1) is 20.4. The molecule has 0 bridgehead atoms. The molecule has 0 radical (unpaired) electrons. The van der Waals surface area contributed by atoms with Crippen LogP contribution in [0, 0.1) is 0 Å². The highest BCUT2D eigenvalue weighted by Crippen LogP contribution is 2.15. The lowest BCUT2D eigenvalue weighted by atomic mass is 10.1. The van der Waals surface area contributed by atoms with Crippen molar-refractivity contribution >= 4 is 5.96 Å². The standard InChI is InChI=1S/C22H32N4O2/c1-3-23-22(26-12-10-20(27)11-13-26)24-15-18-7-4-5-8-19(18)16-25(2)17-21-9-6-14-28-21/h4-9,14,20,27H,3,10-13,15-17H2,1-2H3,(H,23,24). The molecule has 1 fully saturated rings. The lowest BCUT2D eigenvalue weighted by molar-refractivity contribution is 0.108. The van der Waals surface area contributed by atoms with E-state index in [4.69, 9.17) is 9.41 Å². The Bertz CT molecular complexity index is 737. The topological polar surface area (TPSA) is 64.2 Å². The van der Waals surface area contributed by atoms with Crippen LogP contribution in [0.2, 0.25) is 0 Å². The van der Waals surface area contributed by atoms with Gasteiger partial charge in [0, 0.05) is 26.2 Å². The van der Waals surface area contributed by atoms with Gasteiger partial charge in [0.15, 0.2) is 5.96 Å². The Kier molecular flexibility index (Phi) is 7.51. The minimum Gasteiger partial charge on any atom is -0.468 e. The summed E-state index contributed by atoms with van der Waals surface area (Å²) in [4.78, 5) is 9.39. The van der Waals surface area contributed by atoms with Crippen molar-refractivity contribution in [3.63, 3.8) is 0 Å². The predicted molar refractivity (Wildman–Crippen MR) is 112 cm³/mol. The van der Waals surface area contributed by atoms with E-state index in [1.165, 1.54) is 11.1 Å². The fourth-order valence-electron chi connectivity index (χ4n) is 3.54. The van der Waals surface area contributed by atoms with E-state index >= 15 is 0 Å². The van der Waals surface area contributed by atoms with Crippen LogP contribution in [0.1, 0.15) is 36.7 Å². The number of nitrogens with one attached hydrogen (secondary N) is 1. The number of benzene rings is 1. The van der Waals surface area contributed by atoms with E-state index < -0.39 is 0 Å². The van der Waals surface area contributed by atoms with Crippen LogP contribution in [0.15, 0.2) is 52.1 Å². The fourth-order valence-corrected chi connectivity index (χ4v) is 3.54. The van der Waals surface area contributed by atoms with Gasteiger partial charge in [-0.2, -0.15) is 0 Å². The summed E-state index contributed by atoms with van der Waals surface area (Å²) in [5.74, 6) is 1.91. The largest absolute Gasteiger partial charge is 0.468 e. The van der Waals surface area contributed by atoms with Crippen LogP contribution in [0.5, 0.6) is 0 Å². The van der Waals surface area contributed by atoms with Crippen LogP contribution in [-0.4, -0.2) is 53.7 Å². The number of aliphatic hydroxyl groups is 1. The molecule has 0 aliphatic carbocycles. The molecule has 1 saturated heterocycles. The third-order valence-electron chi connectivity index (χ3n) is 5.06. The third kappa shape index (κ3) is 5.84. The fraction of sp³-hybridized carbons (Fsp3) is 0.500. The summed E-state index contributed by atoms with van der Waals surface area (Å²) >= 11 is 0. The zero-order valence-electron chi connectivity index (χ0n) is 17.0. The second kappa shape index (κ2) is 10.3. The molecule has 2 N–H and O–H groups in total. The second-order valence-corrected chi connectivity index (χ2v) is 7.41. The predicted octanol–water partition coefficient (Wildman–Crippen LogP) is 2.83. The molecule has 1 aliphatic rings. The average molecular weight is 385 g/mol. The Hall–Kier alpha value is -2.31. The van der Waals surface area contributed by atoms with Crippen molar-refractivity contribution in [1.29, 1.82) is 0 Å². The molecule has 2 aromatic rings. The maximum atomic E-state index is 9.76. The molecule has 1 aromatic heterocycles. The van der Waals surface area contributed by atoms with Gasteiger partial charge in [-0.3, -0.25) is 4.90 Å². The molecular weight excluding hydrogens is 352 g/mol. The van der Waals surface area contributed by atoms with Crippen molar-refractivity contribution in [1.82, 2.24) is 15.1 Å². The van der Waals surface area contributed by atoms with E-state index in [9.17, 15) is 5.11 Å². The Morgan fingerprint density at radius 3 is 2.61 bits per heavy atom. The molecule has 152 valence electrons. The lowest BCUT2D eigenvalue weighted by Gasteiger charge is -2.32. The SMILES string of the molecule is CCNC(=NCc1ccccc1CN(C)Cc1ccco1)N1CCC(O)CC1. The van der Waals surface area contributed by atoms with E-state index in [1.807, 2.05) is 12.1 Å². The molecule has 0 atom stereocenters. The van der Waals surface area contributed by atoms with E-state index in [1.54, 1.807) is 6.26 Å². The van der Waals surface area contributed by atoms with Gasteiger partial charge in [-0.15, -0.1) is 0 Å². The van der Waals surface area contributed by atoms with Crippen molar-refractivity contribution in [2.24, 2.45) is 4.99 Å². The van der Waals surface area contributed by atoms with Crippen molar-refractivity contribution in [3.05, 3.63) is 59.5 Å². The number of hydrogen-bond acceptors (Lipinski definition) is 4. The summed E-state index contributed by atoms with van der Waals surface area (Å²) < 4.78 is 5.46. The van der Waals surface area contributed by atoms with Gasteiger partial charge in [-0.1, -0.05) is 24.3 Å². The second-order valence-electron chi connectivity index (χ2n) is 7.41. The number of hydrogen-bond donors (Lipinski definition) is 2. The minimum absolute atomic E-state index is 0.176. The lowest BCUT2D eigenvalue weighted by Crippen LogP contribution is -2.46. The van der Waals surface area contributed by atoms with Crippen molar-refractivity contribution in [2.75, 3.05) is 26.7 Å². The summed E-state index contributed by atoms with van der Waals surface area (Å²) in [6.45, 7) is 6.90. The molecule has 3 rings (SSSR count). The van der Waals surface area contributed by atoms with E-state index in [-0.39, 0.29) is 6.10 Å². The molecule has 2 heterocycles. The molecule has 1 aliphatic heterocycles. The molecule has 28 heavy (non-hydrogen) atoms. The first-order valence-corrected chi connectivity index (χ1v) is 10.1. The normalized spacial score (nSPS) is 16.0. The summed E-state index contributed by atoms with van der Waals surface area (Å²) in [7, 11) is 2.10. The summed E-state index contributed by atoms with van der Waals surface area (Å²) in [5, 5.41) is 13.2. The van der Waals surface area contributed by atoms with Crippen LogP contribution in [0.3, 0.4) is 0 Å². The van der Waals surface area contributed by atoms with E-state index in [0.717, 1.165) is 57.3 Å². The molecule has 0 amide bonds. The molecule has 0 saturated carbocycles. The average Bonchev–Trinajstić information content (AvgIpc) is 3.20. The molecule has 0 spiro atoms. The number of guanidine groups is 1. The van der Waals surface area contributed by atoms with Gasteiger partial charge in [-0.25, -0.2) is 4.99 Å². The zero-order valence-corrected chi connectivity index (χ0v) is 17.0. The summed E-state index contributed by atoms with van der Waals surface area (Å²) in [6, 6.07) is 12.4. The Labute approximate surface area is 167 Å². The highest BCUT2D eigenvalue weighted by Gasteiger charge is 2.19. The first-order valence-electron chi connectivity index (χ1n) is 10.1. The Balaban J connectivity index is 1.66. The zero-order chi connectivity index (χ0) is 19.8. The highest BCUT2D eigenvalue weighted by atomic mass is 16.3. The number of rotatable bonds is 7. The van der Waals surface area contributed by atoms with Crippen LogP contribution in [0.25, 0.3) is 0 Å². The van der Waals surface area contributed by atoms with Gasteiger partial charge in [0.2, 0.25) is 0 Å². The summed E-state index contributed by atoms with van der Waals surface area (Å²) in [5.41, 5.74) is 2.52. The Morgan fingerprint density at radius 2 is 1.93 bits per heavy atom. The van der Waals surface area contributed by atoms with Crippen LogP contribution in [0.4, 0.5) is 0 Å². The van der Waals surface area contributed by atoms with Gasteiger partial charge in [0.05, 0.1) is 25.5 Å². The quantitative estimate of drug-likeness (QED) is 0.568. The Morgan fingerprint density at radius 1 is 1.18 bits per heavy atom. The molecule has 6 nitrogen and oxygen atoms in total. The monoisotopic (exact) mass is 384 g/mol. The maximum Gasteiger partial charge on any atom is 0.194 e. The van der Waals surface area contributed by atoms with Gasteiger partial charge in [0.1, 0.15) is 5.76 Å². The third-order valence-corrected chi connectivity index (χ3v) is 5.06. The van der Waals surface area contributed by atoms with Gasteiger partial charge < -0.3 is 19.7 Å². The highest BCUT2D eigenvalue weighted by molar-refractivity contribution is 5.80. The number of likely N-dealkylation sites (tertiary alicyclic amines) is 1. The van der Waals surface area contributed by atoms with Crippen molar-refractivity contribution in [2.45, 2.75) is 45.5 Å². The van der Waals surface area contributed by atoms with Crippen molar-refractivity contribution < 1.29 is 9.52 Å². The number of aliphatic imine (C=N–C) groups is 1. The molecule has 0 unspecified atom stereocenters. The van der Waals surface area contributed by atoms with E-state index in [0.29, 0.717) is 6.54 Å². The minimum atomic E-state index is -0.176. The smallest absolute Gasteiger partial charge is 0.194 e. The van der Waals surface area contributed by atoms with Gasteiger partial charge >= 0.3 is 0 Å². The molecule has 6 heteroatoms. The van der Waals surface area contributed by atoms with Crippen LogP contribution in [-0.2, 0) is 19.6 Å².